The van der Waals surface area contributed by atoms with Crippen molar-refractivity contribution in [1.82, 2.24) is 5.32 Å². The summed E-state index contributed by atoms with van der Waals surface area (Å²) in [5.41, 5.74) is -0.0139. The molecule has 0 unspecified atom stereocenters. The van der Waals surface area contributed by atoms with Crippen LogP contribution in [0.25, 0.3) is 0 Å². The van der Waals surface area contributed by atoms with Gasteiger partial charge in [0.25, 0.3) is 5.91 Å². The molecule has 0 aliphatic rings. The van der Waals surface area contributed by atoms with Gasteiger partial charge in [0.1, 0.15) is 6.04 Å². The average Bonchev–Trinajstić information content (AvgIpc) is 2.37. The molecule has 8 heteroatoms. The summed E-state index contributed by atoms with van der Waals surface area (Å²) in [6.07, 6.45) is -0.747. The molecular weight excluding hydrogens is 270 g/mol. The third-order valence-corrected chi connectivity index (χ3v) is 2.42. The number of nitrogens with one attached hydrogen (secondary N) is 1. The number of benzene rings is 1. The number of hydrogen-bond donors (Lipinski definition) is 4. The first-order valence-electron chi connectivity index (χ1n) is 5.47. The lowest BCUT2D eigenvalue weighted by atomic mass is 10.1. The first-order chi connectivity index (χ1) is 9.35. The Hall–Kier alpha value is -2.77. The van der Waals surface area contributed by atoms with E-state index < -0.39 is 30.3 Å². The number of carboxylic acids is 2. The van der Waals surface area contributed by atoms with Crippen LogP contribution in [0.5, 0.6) is 11.5 Å². The van der Waals surface area contributed by atoms with Gasteiger partial charge in [0.15, 0.2) is 11.5 Å². The highest BCUT2D eigenvalue weighted by Crippen LogP contribution is 2.26. The first-order valence-corrected chi connectivity index (χ1v) is 5.47. The van der Waals surface area contributed by atoms with Crippen molar-refractivity contribution in [3.05, 3.63) is 23.8 Å². The molecule has 0 saturated carbocycles. The molecule has 1 atom stereocenters. The number of aliphatic carboxylic acids is 2. The quantitative estimate of drug-likeness (QED) is 0.580. The van der Waals surface area contributed by atoms with Crippen LogP contribution in [0.2, 0.25) is 0 Å². The van der Waals surface area contributed by atoms with Gasteiger partial charge in [-0.2, -0.15) is 0 Å². The summed E-state index contributed by atoms with van der Waals surface area (Å²) in [5.74, 6) is -3.75. The Bertz CT molecular complexity index is 541. The SMILES string of the molecule is COc1ccc(C(=O)N[C@@H](CC(=O)O)C(=O)O)cc1O. The zero-order valence-corrected chi connectivity index (χ0v) is 10.5. The maximum atomic E-state index is 11.8. The van der Waals surface area contributed by atoms with Crippen LogP contribution in [0.4, 0.5) is 0 Å². The van der Waals surface area contributed by atoms with Gasteiger partial charge in [0.2, 0.25) is 0 Å². The Balaban J connectivity index is 2.86. The summed E-state index contributed by atoms with van der Waals surface area (Å²) >= 11 is 0. The number of rotatable bonds is 6. The van der Waals surface area contributed by atoms with Crippen LogP contribution in [0.3, 0.4) is 0 Å². The molecule has 20 heavy (non-hydrogen) atoms. The van der Waals surface area contributed by atoms with Gasteiger partial charge in [-0.3, -0.25) is 9.59 Å². The second kappa shape index (κ2) is 6.41. The molecular formula is C12H13NO7. The number of amides is 1. The molecule has 0 spiro atoms. The minimum absolute atomic E-state index is 0.0139. The fraction of sp³-hybridized carbons (Fsp3) is 0.250. The topological polar surface area (TPSA) is 133 Å². The Morgan fingerprint density at radius 1 is 1.30 bits per heavy atom. The number of phenolic OH excluding ortho intramolecular Hbond substituents is 1. The summed E-state index contributed by atoms with van der Waals surface area (Å²) < 4.78 is 4.80. The van der Waals surface area contributed by atoms with Crippen molar-refractivity contribution < 1.29 is 34.4 Å². The van der Waals surface area contributed by atoms with E-state index >= 15 is 0 Å². The van der Waals surface area contributed by atoms with E-state index in [1.165, 1.54) is 19.2 Å². The van der Waals surface area contributed by atoms with Crippen LogP contribution in [-0.2, 0) is 9.59 Å². The van der Waals surface area contributed by atoms with Gasteiger partial charge < -0.3 is 25.4 Å². The fourth-order valence-electron chi connectivity index (χ4n) is 1.45. The Morgan fingerprint density at radius 3 is 2.40 bits per heavy atom. The standard InChI is InChI=1S/C12H13NO7/c1-20-9-3-2-6(4-8(9)14)11(17)13-7(12(18)19)5-10(15)16/h2-4,7,14H,5H2,1H3,(H,13,17)(H,15,16)(H,18,19)/t7-/m0/s1. The molecule has 1 aromatic carbocycles. The molecule has 4 N–H and O–H groups in total. The maximum absolute atomic E-state index is 11.8. The summed E-state index contributed by atoms with van der Waals surface area (Å²) in [4.78, 5) is 33.1. The van der Waals surface area contributed by atoms with Gasteiger partial charge in [-0.05, 0) is 18.2 Å². The normalized spacial score (nSPS) is 11.4. The monoisotopic (exact) mass is 283 g/mol. The number of carbonyl (C=O) groups excluding carboxylic acids is 1. The van der Waals surface area contributed by atoms with E-state index in [2.05, 4.69) is 5.32 Å². The third kappa shape index (κ3) is 3.87. The highest BCUT2D eigenvalue weighted by atomic mass is 16.5. The largest absolute Gasteiger partial charge is 0.504 e. The van der Waals surface area contributed by atoms with Crippen molar-refractivity contribution >= 4 is 17.8 Å². The van der Waals surface area contributed by atoms with Crippen LogP contribution < -0.4 is 10.1 Å². The van der Waals surface area contributed by atoms with E-state index in [9.17, 15) is 19.5 Å². The average molecular weight is 283 g/mol. The summed E-state index contributed by atoms with van der Waals surface area (Å²) in [6, 6.07) is 2.18. The van der Waals surface area contributed by atoms with Crippen LogP contribution in [-0.4, -0.2) is 46.3 Å². The molecule has 1 aromatic rings. The molecule has 0 saturated heterocycles. The molecule has 0 aliphatic carbocycles. The van der Waals surface area contributed by atoms with Gasteiger partial charge in [-0.15, -0.1) is 0 Å². The van der Waals surface area contributed by atoms with Crippen LogP contribution >= 0.6 is 0 Å². The predicted molar refractivity (Wildman–Crippen MR) is 65.8 cm³/mol. The second-order valence-electron chi connectivity index (χ2n) is 3.85. The summed E-state index contributed by atoms with van der Waals surface area (Å²) in [5, 5.41) is 28.9. The number of carbonyl (C=O) groups is 3. The number of carboxylic acid groups (broad SMARTS) is 2. The van der Waals surface area contributed by atoms with Gasteiger partial charge in [0.05, 0.1) is 13.5 Å². The zero-order chi connectivity index (χ0) is 15.3. The molecule has 0 fully saturated rings. The molecule has 0 bridgehead atoms. The molecule has 1 amide bonds. The van der Waals surface area contributed by atoms with E-state index in [4.69, 9.17) is 14.9 Å². The van der Waals surface area contributed by atoms with Gasteiger partial charge in [-0.25, -0.2) is 4.79 Å². The van der Waals surface area contributed by atoms with Crippen molar-refractivity contribution in [3.8, 4) is 11.5 Å². The van der Waals surface area contributed by atoms with Crippen molar-refractivity contribution in [2.45, 2.75) is 12.5 Å². The van der Waals surface area contributed by atoms with Gasteiger partial charge >= 0.3 is 11.9 Å². The lowest BCUT2D eigenvalue weighted by molar-refractivity contribution is -0.145. The highest BCUT2D eigenvalue weighted by Gasteiger charge is 2.23. The Morgan fingerprint density at radius 2 is 1.95 bits per heavy atom. The van der Waals surface area contributed by atoms with Crippen molar-refractivity contribution in [1.29, 1.82) is 0 Å². The Kier molecular flexibility index (Phi) is 4.90. The van der Waals surface area contributed by atoms with E-state index in [1.54, 1.807) is 0 Å². The predicted octanol–water partition coefficient (Wildman–Crippen LogP) is 0.0585. The summed E-state index contributed by atoms with van der Waals surface area (Å²) in [6.45, 7) is 0. The highest BCUT2D eigenvalue weighted by molar-refractivity contribution is 5.97. The molecule has 8 nitrogen and oxygen atoms in total. The lowest BCUT2D eigenvalue weighted by Crippen LogP contribution is -2.42. The van der Waals surface area contributed by atoms with E-state index in [1.807, 2.05) is 0 Å². The number of ether oxygens (including phenoxy) is 1. The zero-order valence-electron chi connectivity index (χ0n) is 10.5. The van der Waals surface area contributed by atoms with Gasteiger partial charge in [-0.1, -0.05) is 0 Å². The van der Waals surface area contributed by atoms with E-state index in [0.29, 0.717) is 0 Å². The molecule has 1 rings (SSSR count). The number of phenols is 1. The molecule has 108 valence electrons. The number of methoxy groups -OCH3 is 1. The van der Waals surface area contributed by atoms with E-state index in [0.717, 1.165) is 6.07 Å². The minimum atomic E-state index is -1.55. The Labute approximate surface area is 113 Å². The molecule has 0 heterocycles. The smallest absolute Gasteiger partial charge is 0.326 e. The minimum Gasteiger partial charge on any atom is -0.504 e. The second-order valence-corrected chi connectivity index (χ2v) is 3.85. The third-order valence-electron chi connectivity index (χ3n) is 2.42. The van der Waals surface area contributed by atoms with Gasteiger partial charge in [0, 0.05) is 5.56 Å². The molecule has 0 radical (unpaired) electrons. The van der Waals surface area contributed by atoms with E-state index in [-0.39, 0.29) is 17.1 Å². The molecule has 0 aliphatic heterocycles. The van der Waals surface area contributed by atoms with Crippen molar-refractivity contribution in [2.24, 2.45) is 0 Å². The number of hydrogen-bond acceptors (Lipinski definition) is 5. The van der Waals surface area contributed by atoms with Crippen molar-refractivity contribution in [2.75, 3.05) is 7.11 Å². The van der Waals surface area contributed by atoms with Crippen LogP contribution in [0.1, 0.15) is 16.8 Å². The molecule has 0 aromatic heterocycles. The number of aromatic hydroxyl groups is 1. The van der Waals surface area contributed by atoms with Crippen LogP contribution in [0, 0.1) is 0 Å². The van der Waals surface area contributed by atoms with Crippen LogP contribution in [0.15, 0.2) is 18.2 Å². The summed E-state index contributed by atoms with van der Waals surface area (Å²) in [7, 11) is 1.34. The maximum Gasteiger partial charge on any atom is 0.326 e. The first kappa shape index (κ1) is 15.3. The lowest BCUT2D eigenvalue weighted by Gasteiger charge is -2.13. The van der Waals surface area contributed by atoms with Crippen molar-refractivity contribution in [3.63, 3.8) is 0 Å². The fourth-order valence-corrected chi connectivity index (χ4v) is 1.45.